The molecule has 1 saturated carbocycles. The quantitative estimate of drug-likeness (QED) is 0.173. The third-order valence-electron chi connectivity index (χ3n) is 8.72. The van der Waals surface area contributed by atoms with E-state index in [1.165, 1.54) is 51.4 Å². The van der Waals surface area contributed by atoms with Crippen LogP contribution in [0.15, 0.2) is 53.5 Å². The number of carbonyl (C=O) groups excluding carboxylic acids is 1. The second-order valence-corrected chi connectivity index (χ2v) is 12.1. The van der Waals surface area contributed by atoms with Crippen LogP contribution in [-0.4, -0.2) is 50.8 Å². The molecule has 0 saturated heterocycles. The van der Waals surface area contributed by atoms with E-state index in [1.54, 1.807) is 0 Å². The van der Waals surface area contributed by atoms with Gasteiger partial charge >= 0.3 is 18.3 Å². The highest BCUT2D eigenvalue weighted by molar-refractivity contribution is 5.99. The number of aliphatic carboxylic acids is 1. The molecule has 5 rings (SSSR count). The summed E-state index contributed by atoms with van der Waals surface area (Å²) >= 11 is 0. The van der Waals surface area contributed by atoms with Crippen LogP contribution >= 0.6 is 0 Å². The summed E-state index contributed by atoms with van der Waals surface area (Å²) in [4.78, 5) is 43.5. The molecule has 1 fully saturated rings. The summed E-state index contributed by atoms with van der Waals surface area (Å²) in [7, 11) is 1.30. The smallest absolute Gasteiger partial charge is 0.417 e. The first-order valence-electron chi connectivity index (χ1n) is 15.4. The number of aromatic nitrogens is 2. The standard InChI is InChI=1S/C34H30F8N4O4/c1-4-26(34(40,41)42)46(18-8-9-18)19-14-23(35)28(24(36)15-19)30(47)44-25(32(49)50)13-17-7-10-21(29-20(17)6-5-11-43-29)27-22(33(37,38)39)12-16(2)45(3)31(27)48/h5-7,10-12,14-15,18,25-26H,4,8-9,13H2,1-3H3,(H,44,47)(H,49,50)/t25-,26+/m0/s1. The molecular weight excluding hydrogens is 680 g/mol. The van der Waals surface area contributed by atoms with Gasteiger partial charge in [0.05, 0.1) is 16.6 Å². The number of rotatable bonds is 10. The summed E-state index contributed by atoms with van der Waals surface area (Å²) in [6.07, 6.45) is -8.56. The fraction of sp³-hybridized carbons (Fsp3) is 0.353. The summed E-state index contributed by atoms with van der Waals surface area (Å²) in [6, 6.07) is 2.80. The molecule has 266 valence electrons. The number of carboxylic acids is 1. The Morgan fingerprint density at radius 1 is 1.06 bits per heavy atom. The number of pyridine rings is 2. The van der Waals surface area contributed by atoms with Crippen LogP contribution in [0.25, 0.3) is 22.0 Å². The van der Waals surface area contributed by atoms with Crippen molar-refractivity contribution in [2.45, 2.75) is 70.0 Å². The van der Waals surface area contributed by atoms with Gasteiger partial charge in [-0.1, -0.05) is 25.1 Å². The first-order valence-corrected chi connectivity index (χ1v) is 15.4. The van der Waals surface area contributed by atoms with E-state index in [1.807, 2.05) is 5.32 Å². The molecule has 2 aromatic heterocycles. The lowest BCUT2D eigenvalue weighted by atomic mass is 9.93. The summed E-state index contributed by atoms with van der Waals surface area (Å²) in [5.74, 6) is -6.16. The first-order chi connectivity index (χ1) is 23.3. The maximum atomic E-state index is 15.3. The molecule has 0 radical (unpaired) electrons. The number of hydrogen-bond donors (Lipinski definition) is 2. The third-order valence-corrected chi connectivity index (χ3v) is 8.72. The van der Waals surface area contributed by atoms with Gasteiger partial charge in [0.25, 0.3) is 11.5 Å². The number of carboxylic acid groups (broad SMARTS) is 1. The fourth-order valence-electron chi connectivity index (χ4n) is 6.08. The van der Waals surface area contributed by atoms with Crippen LogP contribution in [0.1, 0.15) is 53.4 Å². The van der Waals surface area contributed by atoms with Crippen LogP contribution in [0.3, 0.4) is 0 Å². The van der Waals surface area contributed by atoms with Crippen molar-refractivity contribution in [1.82, 2.24) is 14.9 Å². The Labute approximate surface area is 279 Å². The molecule has 0 aliphatic heterocycles. The van der Waals surface area contributed by atoms with Crippen LogP contribution in [0.5, 0.6) is 0 Å². The Kier molecular flexibility index (Phi) is 9.69. The molecule has 50 heavy (non-hydrogen) atoms. The molecule has 0 spiro atoms. The third kappa shape index (κ3) is 7.01. The second-order valence-electron chi connectivity index (χ2n) is 12.1. The fourth-order valence-corrected chi connectivity index (χ4v) is 6.08. The summed E-state index contributed by atoms with van der Waals surface area (Å²) in [6.45, 7) is 2.62. The number of carbonyl (C=O) groups is 2. The molecule has 1 aliphatic carbocycles. The van der Waals surface area contributed by atoms with Crippen molar-refractivity contribution in [3.05, 3.63) is 93.0 Å². The molecule has 16 heteroatoms. The van der Waals surface area contributed by atoms with Gasteiger partial charge in [0.15, 0.2) is 0 Å². The summed E-state index contributed by atoms with van der Waals surface area (Å²) in [5.41, 5.74) is -4.54. The van der Waals surface area contributed by atoms with Crippen molar-refractivity contribution in [2.75, 3.05) is 4.90 Å². The molecule has 0 unspecified atom stereocenters. The van der Waals surface area contributed by atoms with E-state index in [9.17, 15) is 45.8 Å². The average Bonchev–Trinajstić information content (AvgIpc) is 3.86. The highest BCUT2D eigenvalue weighted by Crippen LogP contribution is 2.41. The zero-order chi connectivity index (χ0) is 36.9. The number of nitrogens with zero attached hydrogens (tertiary/aromatic N) is 3. The normalized spacial score (nSPS) is 14.8. The van der Waals surface area contributed by atoms with Crippen molar-refractivity contribution in [3.63, 3.8) is 0 Å². The van der Waals surface area contributed by atoms with E-state index in [2.05, 4.69) is 4.98 Å². The molecule has 2 N–H and O–H groups in total. The van der Waals surface area contributed by atoms with Gasteiger partial charge < -0.3 is 19.9 Å². The van der Waals surface area contributed by atoms with E-state index in [0.717, 1.165) is 15.5 Å². The minimum absolute atomic E-state index is 0.0502. The lowest BCUT2D eigenvalue weighted by Gasteiger charge is -2.35. The summed E-state index contributed by atoms with van der Waals surface area (Å²) in [5, 5.41) is 12.1. The molecular formula is C34H30F8N4O4. The number of halogens is 8. The highest BCUT2D eigenvalue weighted by atomic mass is 19.4. The number of benzene rings is 2. The Balaban J connectivity index is 1.49. The molecule has 1 amide bonds. The van der Waals surface area contributed by atoms with Crippen LogP contribution in [0, 0.1) is 18.6 Å². The minimum Gasteiger partial charge on any atom is -0.480 e. The number of aryl methyl sites for hydroxylation is 1. The number of amides is 1. The maximum absolute atomic E-state index is 15.3. The minimum atomic E-state index is -4.92. The molecule has 2 heterocycles. The van der Waals surface area contributed by atoms with Gasteiger partial charge in [-0.05, 0) is 56.0 Å². The van der Waals surface area contributed by atoms with Gasteiger partial charge in [0.2, 0.25) is 0 Å². The van der Waals surface area contributed by atoms with E-state index >= 15 is 8.78 Å². The average molecular weight is 711 g/mol. The van der Waals surface area contributed by atoms with Gasteiger partial charge in [-0.25, -0.2) is 13.6 Å². The SMILES string of the molecule is CC[C@@H](N(c1cc(F)c(C(=O)N[C@@H](Cc2ccc(-c3c(C(F)(F)F)cc(C)n(C)c3=O)c3ncccc23)C(=O)O)c(F)c1)C1CC1)C(F)(F)F. The number of hydrogen-bond acceptors (Lipinski definition) is 5. The maximum Gasteiger partial charge on any atom is 0.417 e. The Morgan fingerprint density at radius 3 is 2.24 bits per heavy atom. The molecule has 4 aromatic rings. The number of anilines is 1. The lowest BCUT2D eigenvalue weighted by Crippen LogP contribution is -2.47. The topological polar surface area (TPSA) is 105 Å². The van der Waals surface area contributed by atoms with Crippen LogP contribution in [0.4, 0.5) is 40.8 Å². The predicted octanol–water partition coefficient (Wildman–Crippen LogP) is 6.94. The monoisotopic (exact) mass is 710 g/mol. The van der Waals surface area contributed by atoms with E-state index in [4.69, 9.17) is 0 Å². The van der Waals surface area contributed by atoms with Gasteiger partial charge in [-0.3, -0.25) is 14.6 Å². The zero-order valence-corrected chi connectivity index (χ0v) is 26.7. The summed E-state index contributed by atoms with van der Waals surface area (Å²) < 4.78 is 115. The van der Waals surface area contributed by atoms with Crippen molar-refractivity contribution in [2.24, 2.45) is 7.05 Å². The molecule has 0 bridgehead atoms. The number of alkyl halides is 6. The van der Waals surface area contributed by atoms with Gasteiger partial charge in [-0.15, -0.1) is 0 Å². The number of nitrogens with one attached hydrogen (secondary N) is 1. The molecule has 2 aromatic carbocycles. The van der Waals surface area contributed by atoms with Crippen molar-refractivity contribution >= 4 is 28.5 Å². The van der Waals surface area contributed by atoms with Crippen LogP contribution < -0.4 is 15.8 Å². The van der Waals surface area contributed by atoms with Gasteiger partial charge in [0.1, 0.15) is 29.3 Å². The number of fused-ring (bicyclic) bond motifs is 1. The van der Waals surface area contributed by atoms with Crippen LogP contribution in [0.2, 0.25) is 0 Å². The van der Waals surface area contributed by atoms with Crippen molar-refractivity contribution in [3.8, 4) is 11.1 Å². The van der Waals surface area contributed by atoms with Crippen LogP contribution in [-0.2, 0) is 24.4 Å². The molecule has 8 nitrogen and oxygen atoms in total. The molecule has 2 atom stereocenters. The molecule has 1 aliphatic rings. The second kappa shape index (κ2) is 13.4. The van der Waals surface area contributed by atoms with Gasteiger partial charge in [-0.2, -0.15) is 26.3 Å². The largest absolute Gasteiger partial charge is 0.480 e. The zero-order valence-electron chi connectivity index (χ0n) is 26.7. The predicted molar refractivity (Wildman–Crippen MR) is 167 cm³/mol. The van der Waals surface area contributed by atoms with Crippen molar-refractivity contribution in [1.29, 1.82) is 0 Å². The lowest BCUT2D eigenvalue weighted by molar-refractivity contribution is -0.149. The Hall–Kier alpha value is -5.02. The highest BCUT2D eigenvalue weighted by Gasteiger charge is 2.47. The van der Waals surface area contributed by atoms with Gasteiger partial charge in [0, 0.05) is 48.0 Å². The van der Waals surface area contributed by atoms with Crippen molar-refractivity contribution < 1.29 is 49.8 Å². The van der Waals surface area contributed by atoms with E-state index < -0.39 is 94.8 Å². The van der Waals surface area contributed by atoms with E-state index in [-0.39, 0.29) is 27.7 Å². The van der Waals surface area contributed by atoms with E-state index in [0.29, 0.717) is 25.0 Å². The Morgan fingerprint density at radius 2 is 1.70 bits per heavy atom. The Bertz CT molecular complexity index is 2020. The first kappa shape index (κ1) is 36.3.